The topological polar surface area (TPSA) is 76.4 Å². The van der Waals surface area contributed by atoms with Gasteiger partial charge in [0.2, 0.25) is 11.8 Å². The second kappa shape index (κ2) is 7.32. The molecular formula is C21H26N4O2. The van der Waals surface area contributed by atoms with Gasteiger partial charge in [-0.2, -0.15) is 5.26 Å². The number of nitriles is 1. The average Bonchev–Trinajstić information content (AvgIpc) is 2.71. The van der Waals surface area contributed by atoms with Crippen molar-refractivity contribution in [2.45, 2.75) is 44.1 Å². The number of carbonyl (C=O) groups is 2. The lowest BCUT2D eigenvalue weighted by molar-refractivity contribution is -0.142. The van der Waals surface area contributed by atoms with Crippen LogP contribution in [0.2, 0.25) is 0 Å². The first-order valence-electron chi connectivity index (χ1n) is 9.95. The third-order valence-corrected chi connectivity index (χ3v) is 6.33. The highest BCUT2D eigenvalue weighted by Crippen LogP contribution is 2.41. The molecule has 4 rings (SSSR count). The van der Waals surface area contributed by atoms with Gasteiger partial charge in [-0.15, -0.1) is 0 Å². The van der Waals surface area contributed by atoms with Gasteiger partial charge in [-0.05, 0) is 62.0 Å². The van der Waals surface area contributed by atoms with E-state index in [1.54, 1.807) is 0 Å². The Morgan fingerprint density at radius 2 is 1.89 bits per heavy atom. The largest absolute Gasteiger partial charge is 0.341 e. The molecule has 0 atom stereocenters. The van der Waals surface area contributed by atoms with Gasteiger partial charge < -0.3 is 15.1 Å². The Kier molecular flexibility index (Phi) is 4.88. The molecular weight excluding hydrogens is 340 g/mol. The van der Waals surface area contributed by atoms with Crippen molar-refractivity contribution in [3.63, 3.8) is 0 Å². The van der Waals surface area contributed by atoms with Gasteiger partial charge in [0.25, 0.3) is 0 Å². The van der Waals surface area contributed by atoms with Gasteiger partial charge in [-0.3, -0.25) is 9.59 Å². The van der Waals surface area contributed by atoms with Gasteiger partial charge in [-0.25, -0.2) is 0 Å². The van der Waals surface area contributed by atoms with Crippen LogP contribution in [-0.2, 0) is 21.5 Å². The number of hydrogen-bond acceptors (Lipinski definition) is 4. The lowest BCUT2D eigenvalue weighted by Gasteiger charge is -2.46. The number of nitrogens with zero attached hydrogens (tertiary/aromatic N) is 3. The van der Waals surface area contributed by atoms with Crippen LogP contribution < -0.4 is 5.32 Å². The van der Waals surface area contributed by atoms with Crippen molar-refractivity contribution < 1.29 is 9.59 Å². The van der Waals surface area contributed by atoms with Gasteiger partial charge in [-0.1, -0.05) is 6.07 Å². The first-order chi connectivity index (χ1) is 13.1. The molecule has 0 bridgehead atoms. The van der Waals surface area contributed by atoms with Gasteiger partial charge >= 0.3 is 0 Å². The van der Waals surface area contributed by atoms with Crippen LogP contribution in [0, 0.1) is 11.3 Å². The zero-order chi connectivity index (χ0) is 18.9. The Morgan fingerprint density at radius 1 is 1.11 bits per heavy atom. The van der Waals surface area contributed by atoms with E-state index in [2.05, 4.69) is 11.4 Å². The molecule has 1 aromatic rings. The summed E-state index contributed by atoms with van der Waals surface area (Å²) in [6.07, 6.45) is 4.20. The quantitative estimate of drug-likeness (QED) is 0.880. The standard InChI is InChI=1S/C21H26N4O2/c22-14-16-4-5-18-17(13-16)15-25(12-11-24-10-2-1-3-19(24)26)20(27)21(18)6-8-23-9-7-21/h4-5,13,23H,1-3,6-12,15H2. The summed E-state index contributed by atoms with van der Waals surface area (Å²) in [7, 11) is 0. The molecule has 2 amide bonds. The van der Waals surface area contributed by atoms with E-state index in [1.165, 1.54) is 0 Å². The molecule has 0 unspecified atom stereocenters. The number of fused-ring (bicyclic) bond motifs is 2. The Morgan fingerprint density at radius 3 is 2.63 bits per heavy atom. The third-order valence-electron chi connectivity index (χ3n) is 6.33. The zero-order valence-electron chi connectivity index (χ0n) is 15.7. The fraction of sp³-hybridized carbons (Fsp3) is 0.571. The number of rotatable bonds is 3. The molecule has 6 nitrogen and oxygen atoms in total. The lowest BCUT2D eigenvalue weighted by Crippen LogP contribution is -2.56. The number of amides is 2. The van der Waals surface area contributed by atoms with Crippen LogP contribution in [0.5, 0.6) is 0 Å². The summed E-state index contributed by atoms with van der Waals surface area (Å²) in [4.78, 5) is 29.4. The SMILES string of the molecule is N#Cc1ccc2c(c1)CN(CCN1CCCCC1=O)C(=O)C21CCNCC1. The smallest absolute Gasteiger partial charge is 0.233 e. The molecule has 27 heavy (non-hydrogen) atoms. The van der Waals surface area contributed by atoms with E-state index >= 15 is 0 Å². The minimum Gasteiger partial charge on any atom is -0.341 e. The van der Waals surface area contributed by atoms with E-state index in [-0.39, 0.29) is 11.8 Å². The van der Waals surface area contributed by atoms with Crippen LogP contribution in [0.3, 0.4) is 0 Å². The highest BCUT2D eigenvalue weighted by molar-refractivity contribution is 5.90. The van der Waals surface area contributed by atoms with E-state index in [0.717, 1.165) is 56.4 Å². The minimum atomic E-state index is -0.487. The Bertz CT molecular complexity index is 792. The number of carbonyl (C=O) groups excluding carboxylic acids is 2. The monoisotopic (exact) mass is 366 g/mol. The summed E-state index contributed by atoms with van der Waals surface area (Å²) in [5, 5.41) is 12.6. The lowest BCUT2D eigenvalue weighted by atomic mass is 9.68. The first-order valence-corrected chi connectivity index (χ1v) is 9.95. The van der Waals surface area contributed by atoms with Crippen molar-refractivity contribution in [3.05, 3.63) is 34.9 Å². The molecule has 0 aliphatic carbocycles. The molecule has 0 aromatic heterocycles. The van der Waals surface area contributed by atoms with Gasteiger partial charge in [0.05, 0.1) is 17.0 Å². The van der Waals surface area contributed by atoms with Crippen molar-refractivity contribution in [3.8, 4) is 6.07 Å². The fourth-order valence-corrected chi connectivity index (χ4v) is 4.81. The number of hydrogen-bond donors (Lipinski definition) is 1. The van der Waals surface area contributed by atoms with Crippen LogP contribution in [-0.4, -0.2) is 54.3 Å². The summed E-state index contributed by atoms with van der Waals surface area (Å²) >= 11 is 0. The molecule has 3 aliphatic heterocycles. The molecule has 1 N–H and O–H groups in total. The van der Waals surface area contributed by atoms with Crippen LogP contribution >= 0.6 is 0 Å². The summed E-state index contributed by atoms with van der Waals surface area (Å²) in [5.74, 6) is 0.389. The van der Waals surface area contributed by atoms with Gasteiger partial charge in [0, 0.05) is 32.6 Å². The Labute approximate surface area is 160 Å². The van der Waals surface area contributed by atoms with Crippen molar-refractivity contribution >= 4 is 11.8 Å². The van der Waals surface area contributed by atoms with Crippen molar-refractivity contribution in [2.24, 2.45) is 0 Å². The molecule has 6 heteroatoms. The fourth-order valence-electron chi connectivity index (χ4n) is 4.81. The number of likely N-dealkylation sites (tertiary alicyclic amines) is 1. The van der Waals surface area contributed by atoms with Crippen molar-refractivity contribution in [1.82, 2.24) is 15.1 Å². The maximum atomic E-state index is 13.5. The Balaban J connectivity index is 1.60. The Hall–Kier alpha value is -2.39. The second-order valence-corrected chi connectivity index (χ2v) is 7.88. The van der Waals surface area contributed by atoms with Crippen LogP contribution in [0.4, 0.5) is 0 Å². The van der Waals surface area contributed by atoms with Crippen LogP contribution in [0.25, 0.3) is 0 Å². The summed E-state index contributed by atoms with van der Waals surface area (Å²) in [6, 6.07) is 7.97. The number of nitrogens with one attached hydrogen (secondary N) is 1. The van der Waals surface area contributed by atoms with Gasteiger partial charge in [0.15, 0.2) is 0 Å². The van der Waals surface area contributed by atoms with Crippen molar-refractivity contribution in [2.75, 3.05) is 32.7 Å². The summed E-state index contributed by atoms with van der Waals surface area (Å²) < 4.78 is 0. The summed E-state index contributed by atoms with van der Waals surface area (Å²) in [6.45, 7) is 4.14. The molecule has 2 saturated heterocycles. The third kappa shape index (κ3) is 3.21. The van der Waals surface area contributed by atoms with Gasteiger partial charge in [0.1, 0.15) is 0 Å². The maximum absolute atomic E-state index is 13.5. The molecule has 142 valence electrons. The highest BCUT2D eigenvalue weighted by atomic mass is 16.2. The molecule has 0 radical (unpaired) electrons. The second-order valence-electron chi connectivity index (χ2n) is 7.88. The van der Waals surface area contributed by atoms with E-state index < -0.39 is 5.41 Å². The minimum absolute atomic E-state index is 0.186. The number of piperidine rings is 2. The van der Waals surface area contributed by atoms with E-state index in [1.807, 2.05) is 28.0 Å². The maximum Gasteiger partial charge on any atom is 0.233 e. The molecule has 3 heterocycles. The van der Waals surface area contributed by atoms with Crippen molar-refractivity contribution in [1.29, 1.82) is 5.26 Å². The van der Waals surface area contributed by atoms with Crippen LogP contribution in [0.1, 0.15) is 48.8 Å². The normalized spacial score (nSPS) is 21.9. The van der Waals surface area contributed by atoms with E-state index in [4.69, 9.17) is 0 Å². The molecule has 1 aromatic carbocycles. The van der Waals surface area contributed by atoms with E-state index in [0.29, 0.717) is 31.6 Å². The number of benzene rings is 1. The first kappa shape index (κ1) is 18.0. The highest BCUT2D eigenvalue weighted by Gasteiger charge is 2.47. The van der Waals surface area contributed by atoms with Crippen LogP contribution in [0.15, 0.2) is 18.2 Å². The summed E-state index contributed by atoms with van der Waals surface area (Å²) in [5.41, 5.74) is 2.33. The molecule has 3 aliphatic rings. The predicted molar refractivity (Wildman–Crippen MR) is 101 cm³/mol. The van der Waals surface area contributed by atoms with E-state index in [9.17, 15) is 14.9 Å². The molecule has 0 saturated carbocycles. The zero-order valence-corrected chi connectivity index (χ0v) is 15.7. The average molecular weight is 366 g/mol. The molecule has 2 fully saturated rings. The predicted octanol–water partition coefficient (Wildman–Crippen LogP) is 1.53. The molecule has 1 spiro atoms.